The zero-order valence-corrected chi connectivity index (χ0v) is 8.28. The highest BCUT2D eigenvalue weighted by Crippen LogP contribution is 2.15. The minimum absolute atomic E-state index is 0.613. The average Bonchev–Trinajstić information content (AvgIpc) is 1.98. The van der Waals surface area contributed by atoms with Gasteiger partial charge in [-0.15, -0.1) is 0 Å². The van der Waals surface area contributed by atoms with Gasteiger partial charge >= 0.3 is 0 Å². The van der Waals surface area contributed by atoms with E-state index in [-0.39, 0.29) is 0 Å². The molecular formula is C10H21N. The quantitative estimate of drug-likeness (QED) is 0.643. The minimum atomic E-state index is 0.613. The first-order valence-corrected chi connectivity index (χ1v) is 4.44. The van der Waals surface area contributed by atoms with E-state index in [9.17, 15) is 0 Å². The van der Waals surface area contributed by atoms with Crippen LogP contribution in [0.3, 0.4) is 0 Å². The fraction of sp³-hybridized carbons (Fsp3) is 0.800. The molecule has 0 amide bonds. The molecule has 0 bridgehead atoms. The summed E-state index contributed by atoms with van der Waals surface area (Å²) in [5, 5.41) is 3.09. The van der Waals surface area contributed by atoms with E-state index in [0.29, 0.717) is 5.92 Å². The summed E-state index contributed by atoms with van der Waals surface area (Å²) in [6.45, 7) is 10.7. The van der Waals surface area contributed by atoms with Crippen LogP contribution in [-0.2, 0) is 0 Å². The van der Waals surface area contributed by atoms with Crippen LogP contribution in [0.4, 0.5) is 0 Å². The SMILES string of the molecule is C=C(NC)[C@H](C)CCC(C)C. The van der Waals surface area contributed by atoms with E-state index in [0.717, 1.165) is 11.6 Å². The van der Waals surface area contributed by atoms with Crippen LogP contribution >= 0.6 is 0 Å². The summed E-state index contributed by atoms with van der Waals surface area (Å²) < 4.78 is 0. The predicted octanol–water partition coefficient (Wildman–Crippen LogP) is 2.79. The van der Waals surface area contributed by atoms with Crippen molar-refractivity contribution in [2.24, 2.45) is 11.8 Å². The Hall–Kier alpha value is -0.460. The second-order valence-electron chi connectivity index (χ2n) is 3.65. The van der Waals surface area contributed by atoms with Gasteiger partial charge in [0.05, 0.1) is 0 Å². The first-order chi connectivity index (χ1) is 5.07. The third-order valence-corrected chi connectivity index (χ3v) is 2.09. The molecular weight excluding hydrogens is 134 g/mol. The molecule has 66 valence electrons. The summed E-state index contributed by atoms with van der Waals surface area (Å²) in [4.78, 5) is 0. The molecule has 0 aliphatic carbocycles. The summed E-state index contributed by atoms with van der Waals surface area (Å²) >= 11 is 0. The van der Waals surface area contributed by atoms with Gasteiger partial charge in [-0.1, -0.05) is 33.8 Å². The zero-order valence-electron chi connectivity index (χ0n) is 8.28. The lowest BCUT2D eigenvalue weighted by Gasteiger charge is -2.15. The molecule has 0 fully saturated rings. The molecule has 1 N–H and O–H groups in total. The molecule has 0 aromatic heterocycles. The van der Waals surface area contributed by atoms with Gasteiger partial charge in [-0.3, -0.25) is 0 Å². The van der Waals surface area contributed by atoms with Crippen molar-refractivity contribution in [1.29, 1.82) is 0 Å². The van der Waals surface area contributed by atoms with Crippen LogP contribution in [0.5, 0.6) is 0 Å². The summed E-state index contributed by atoms with van der Waals surface area (Å²) in [6, 6.07) is 0. The van der Waals surface area contributed by atoms with Gasteiger partial charge in [0.1, 0.15) is 0 Å². The van der Waals surface area contributed by atoms with Gasteiger partial charge < -0.3 is 5.32 Å². The van der Waals surface area contributed by atoms with E-state index in [4.69, 9.17) is 0 Å². The van der Waals surface area contributed by atoms with Gasteiger partial charge in [0, 0.05) is 12.7 Å². The molecule has 1 heteroatoms. The number of hydrogen-bond donors (Lipinski definition) is 1. The molecule has 0 radical (unpaired) electrons. The normalized spacial score (nSPS) is 13.2. The monoisotopic (exact) mass is 155 g/mol. The molecule has 0 aliphatic heterocycles. The summed E-state index contributed by atoms with van der Waals surface area (Å²) in [6.07, 6.45) is 2.54. The Bertz CT molecular complexity index is 116. The molecule has 0 saturated carbocycles. The van der Waals surface area contributed by atoms with E-state index in [1.54, 1.807) is 0 Å². The molecule has 1 atom stereocenters. The maximum atomic E-state index is 3.94. The van der Waals surface area contributed by atoms with Crippen LogP contribution in [0.25, 0.3) is 0 Å². The van der Waals surface area contributed by atoms with E-state index in [1.807, 2.05) is 7.05 Å². The van der Waals surface area contributed by atoms with Gasteiger partial charge in [0.25, 0.3) is 0 Å². The molecule has 0 heterocycles. The predicted molar refractivity (Wildman–Crippen MR) is 51.4 cm³/mol. The molecule has 0 unspecified atom stereocenters. The summed E-state index contributed by atoms with van der Waals surface area (Å²) in [5.41, 5.74) is 1.16. The van der Waals surface area contributed by atoms with Crippen molar-refractivity contribution in [3.63, 3.8) is 0 Å². The van der Waals surface area contributed by atoms with E-state index in [1.165, 1.54) is 12.8 Å². The number of allylic oxidation sites excluding steroid dienone is 1. The van der Waals surface area contributed by atoms with Gasteiger partial charge in [-0.2, -0.15) is 0 Å². The molecule has 0 aromatic rings. The van der Waals surface area contributed by atoms with Crippen LogP contribution in [0.1, 0.15) is 33.6 Å². The van der Waals surface area contributed by atoms with Crippen molar-refractivity contribution < 1.29 is 0 Å². The lowest BCUT2D eigenvalue weighted by Crippen LogP contribution is -2.13. The maximum Gasteiger partial charge on any atom is 0.00597 e. The van der Waals surface area contributed by atoms with Crippen LogP contribution in [0.15, 0.2) is 12.3 Å². The van der Waals surface area contributed by atoms with E-state index < -0.39 is 0 Å². The van der Waals surface area contributed by atoms with Crippen LogP contribution < -0.4 is 5.32 Å². The Morgan fingerprint density at radius 1 is 1.27 bits per heavy atom. The highest BCUT2D eigenvalue weighted by Gasteiger charge is 2.05. The Balaban J connectivity index is 3.52. The van der Waals surface area contributed by atoms with Gasteiger partial charge in [0.15, 0.2) is 0 Å². The Morgan fingerprint density at radius 3 is 2.18 bits per heavy atom. The fourth-order valence-corrected chi connectivity index (χ4v) is 1.00. The van der Waals surface area contributed by atoms with Crippen molar-refractivity contribution in [3.8, 4) is 0 Å². The number of hydrogen-bond acceptors (Lipinski definition) is 1. The van der Waals surface area contributed by atoms with E-state index in [2.05, 4.69) is 32.7 Å². The van der Waals surface area contributed by atoms with Crippen LogP contribution in [0, 0.1) is 11.8 Å². The second-order valence-corrected chi connectivity index (χ2v) is 3.65. The standard InChI is InChI=1S/C10H21N/c1-8(2)6-7-9(3)10(4)11-5/h8-9,11H,4,6-7H2,1-3,5H3/t9-/m1/s1. The molecule has 11 heavy (non-hydrogen) atoms. The number of rotatable bonds is 5. The maximum absolute atomic E-state index is 3.94. The van der Waals surface area contributed by atoms with Crippen molar-refractivity contribution in [2.75, 3.05) is 7.05 Å². The third-order valence-electron chi connectivity index (χ3n) is 2.09. The molecule has 1 nitrogen and oxygen atoms in total. The molecule has 0 spiro atoms. The van der Waals surface area contributed by atoms with Gasteiger partial charge in [-0.05, 0) is 18.3 Å². The highest BCUT2D eigenvalue weighted by atomic mass is 14.8. The first-order valence-electron chi connectivity index (χ1n) is 4.44. The Morgan fingerprint density at radius 2 is 1.82 bits per heavy atom. The third kappa shape index (κ3) is 4.88. The van der Waals surface area contributed by atoms with Crippen molar-refractivity contribution >= 4 is 0 Å². The van der Waals surface area contributed by atoms with Crippen molar-refractivity contribution in [3.05, 3.63) is 12.3 Å². The molecule has 0 saturated heterocycles. The first kappa shape index (κ1) is 10.5. The topological polar surface area (TPSA) is 12.0 Å². The lowest BCUT2D eigenvalue weighted by molar-refractivity contribution is 0.478. The van der Waals surface area contributed by atoms with Crippen molar-refractivity contribution in [2.45, 2.75) is 33.6 Å². The number of nitrogens with one attached hydrogen (secondary N) is 1. The van der Waals surface area contributed by atoms with Gasteiger partial charge in [-0.25, -0.2) is 0 Å². The fourth-order valence-electron chi connectivity index (χ4n) is 1.00. The summed E-state index contributed by atoms with van der Waals surface area (Å²) in [5.74, 6) is 1.42. The zero-order chi connectivity index (χ0) is 8.85. The summed E-state index contributed by atoms with van der Waals surface area (Å²) in [7, 11) is 1.94. The van der Waals surface area contributed by atoms with Gasteiger partial charge in [0.2, 0.25) is 0 Å². The molecule has 0 aliphatic rings. The van der Waals surface area contributed by atoms with Crippen molar-refractivity contribution in [1.82, 2.24) is 5.32 Å². The lowest BCUT2D eigenvalue weighted by atomic mass is 9.97. The molecule has 0 aromatic carbocycles. The molecule has 0 rings (SSSR count). The largest absolute Gasteiger partial charge is 0.392 e. The van der Waals surface area contributed by atoms with E-state index >= 15 is 0 Å². The Labute approximate surface area is 70.9 Å². The minimum Gasteiger partial charge on any atom is -0.392 e. The Kier molecular flexibility index (Phi) is 5.01. The average molecular weight is 155 g/mol. The highest BCUT2D eigenvalue weighted by molar-refractivity contribution is 4.94. The van der Waals surface area contributed by atoms with Crippen LogP contribution in [0.2, 0.25) is 0 Å². The van der Waals surface area contributed by atoms with Crippen LogP contribution in [-0.4, -0.2) is 7.05 Å². The smallest absolute Gasteiger partial charge is 0.00597 e. The second kappa shape index (κ2) is 5.22.